The van der Waals surface area contributed by atoms with E-state index >= 15 is 0 Å². The molecule has 654 valence electrons. The molecule has 0 unspecified atom stereocenters. The van der Waals surface area contributed by atoms with Crippen molar-refractivity contribution in [2.45, 2.75) is 27.7 Å². The highest BCUT2D eigenvalue weighted by Gasteiger charge is 2.33. The first kappa shape index (κ1) is 89.0. The van der Waals surface area contributed by atoms with Crippen molar-refractivity contribution in [1.82, 2.24) is 54.4 Å². The highest BCUT2D eigenvalue weighted by molar-refractivity contribution is 8.07. The van der Waals surface area contributed by atoms with Crippen LogP contribution in [-0.4, -0.2) is 116 Å². The van der Waals surface area contributed by atoms with Gasteiger partial charge in [0.15, 0.2) is 16.6 Å². The summed E-state index contributed by atoms with van der Waals surface area (Å²) >= 11 is 8.46. The maximum absolute atomic E-state index is 12.3. The minimum absolute atomic E-state index is 0.0313. The lowest BCUT2D eigenvalue weighted by molar-refractivity contribution is 0.398. The van der Waals surface area contributed by atoms with E-state index in [4.69, 9.17) is 37.5 Å². The molecule has 8 aromatic carbocycles. The highest BCUT2D eigenvalue weighted by Crippen LogP contribution is 2.40. The van der Waals surface area contributed by atoms with Gasteiger partial charge in [-0.3, -0.25) is 19.9 Å². The summed E-state index contributed by atoms with van der Waals surface area (Å²) in [6, 6.07) is 96.1. The number of fused-ring (bicyclic) bond motifs is 7. The second-order valence-electron chi connectivity index (χ2n) is 29.4. The molecule has 0 fully saturated rings. The first-order chi connectivity index (χ1) is 64.8. The summed E-state index contributed by atoms with van der Waals surface area (Å²) in [5.74, 6) is 5.12. The number of aromatic nitrogens is 11. The van der Waals surface area contributed by atoms with Crippen molar-refractivity contribution in [1.29, 1.82) is 0 Å². The number of ether oxygens (including phenoxy) is 5. The van der Waals surface area contributed by atoms with Crippen LogP contribution in [0.25, 0.3) is 130 Å². The number of sulfone groups is 1. The van der Waals surface area contributed by atoms with Crippen molar-refractivity contribution in [3.63, 3.8) is 0 Å². The number of pyridine rings is 6. The van der Waals surface area contributed by atoms with E-state index in [2.05, 4.69) is 194 Å². The zero-order valence-corrected chi connectivity index (χ0v) is 77.3. The van der Waals surface area contributed by atoms with Crippen molar-refractivity contribution >= 4 is 142 Å². The predicted molar refractivity (Wildman–Crippen MR) is 536 cm³/mol. The average Bonchev–Trinajstić information content (AvgIpc) is 1.62. The molecule has 1 N–H and O–H groups in total. The molecular formula is C105H84N12O9S6. The maximum Gasteiger partial charge on any atom is 0.226 e. The van der Waals surface area contributed by atoms with E-state index in [9.17, 15) is 8.42 Å². The smallest absolute Gasteiger partial charge is 0.226 e. The Hall–Kier alpha value is -15.0. The number of furan rings is 2. The fourth-order valence-electron chi connectivity index (χ4n) is 14.3. The standard InChI is InChI=1S/C21H18N2O.C16H12N4S2.C15H13NO.C14H11NO2.C13H10N2O3S.C13H10N2S2.C13H10O2S/c1-24-18-11-12-19(22-14-18)21-13-17-9-5-6-10-20(17)23(21)15-16-7-3-2-4-8-16;1-21-11-3-4-12(18-7-11)16-20-13-6-10(2-5-15(13)22-16)14-8-17-9-19-14;1-17-14-6-7-15(16-10-14)13-8-11-4-2-3-5-12(11)9-13;1-16-11-6-7-12(15-9-11)14-8-10-4-2-3-5-13(10)17-14;1-18-12-7-6-9(8-14-12)13-15-10-4-2-3-5-11(10)19(13,16)17;1-16-9-6-7-11(14-8-9)13-15-10-4-2-3-5-12(10)17-13;1-14-10-7-11(15-8-10)13-6-9-4-2-3-5-12(9)16-13/h2-14H,15H2,1H3;2-9H,1H3,(H,17,19);2-8,10H,9H2,1H3;2-9H,1H3;2-8H,1H3;2-8H,1H3;2-8H,1H3. The minimum atomic E-state index is -3.55. The number of imidazole rings is 1. The second-order valence-corrected chi connectivity index (χ2v) is 36.1. The van der Waals surface area contributed by atoms with Crippen LogP contribution in [0.4, 0.5) is 5.69 Å². The third kappa shape index (κ3) is 21.1. The van der Waals surface area contributed by atoms with Gasteiger partial charge in [0.05, 0.1) is 137 Å². The van der Waals surface area contributed by atoms with Crippen LogP contribution in [0.5, 0.6) is 28.9 Å². The van der Waals surface area contributed by atoms with Crippen LogP contribution in [-0.2, 0) is 22.8 Å². The first-order valence-electron chi connectivity index (χ1n) is 41.5. The van der Waals surface area contributed by atoms with Gasteiger partial charge in [0.2, 0.25) is 15.7 Å². The van der Waals surface area contributed by atoms with Gasteiger partial charge in [0, 0.05) is 85.6 Å². The molecule has 1 aliphatic heterocycles. The molecule has 21 aromatic rings. The summed E-state index contributed by atoms with van der Waals surface area (Å²) in [5, 5.41) is 5.52. The number of nitrogens with zero attached hydrogens (tertiary/aromatic N) is 11. The number of thiazole rings is 2. The second kappa shape index (κ2) is 42.1. The number of aromatic amines is 1. The summed E-state index contributed by atoms with van der Waals surface area (Å²) < 4.78 is 67.3. The normalized spacial score (nSPS) is 11.9. The molecule has 0 saturated carbocycles. The Balaban J connectivity index is 0.000000108. The van der Waals surface area contributed by atoms with Crippen LogP contribution in [0.1, 0.15) is 27.9 Å². The van der Waals surface area contributed by atoms with E-state index < -0.39 is 9.84 Å². The van der Waals surface area contributed by atoms with Gasteiger partial charge in [0.25, 0.3) is 0 Å². The van der Waals surface area contributed by atoms with Gasteiger partial charge in [-0.25, -0.2) is 38.3 Å². The number of methoxy groups -OCH3 is 5. The van der Waals surface area contributed by atoms with Crippen molar-refractivity contribution in [3.05, 3.63) is 375 Å². The van der Waals surface area contributed by atoms with Crippen LogP contribution in [0.15, 0.2) is 376 Å². The van der Waals surface area contributed by atoms with Gasteiger partial charge in [-0.15, -0.1) is 57.5 Å². The third-order valence-electron chi connectivity index (χ3n) is 21.1. The number of aliphatic imine (C=N–C) groups is 1. The van der Waals surface area contributed by atoms with Gasteiger partial charge < -0.3 is 42.1 Å². The quantitative estimate of drug-likeness (QED) is 0.0831. The number of nitrogens with one attached hydrogen (secondary N) is 1. The summed E-state index contributed by atoms with van der Waals surface area (Å²) in [6.07, 6.45) is 22.8. The molecule has 13 aromatic heterocycles. The molecule has 27 heteroatoms. The van der Waals surface area contributed by atoms with Gasteiger partial charge in [-0.2, -0.15) is 0 Å². The maximum atomic E-state index is 12.3. The molecule has 0 atom stereocenters. The van der Waals surface area contributed by atoms with Crippen molar-refractivity contribution in [2.24, 2.45) is 4.99 Å². The molecule has 21 nitrogen and oxygen atoms in total. The fraction of sp³-hybridized carbons (Fsp3) is 0.0857. The van der Waals surface area contributed by atoms with Crippen molar-refractivity contribution in [2.75, 3.05) is 48.1 Å². The van der Waals surface area contributed by atoms with E-state index in [1.807, 2.05) is 152 Å². The first-order valence-corrected chi connectivity index (χ1v) is 47.9. The fourth-order valence-corrected chi connectivity index (χ4v) is 19.4. The topological polar surface area (TPSA) is 256 Å². The van der Waals surface area contributed by atoms with Crippen LogP contribution < -0.4 is 23.7 Å². The summed E-state index contributed by atoms with van der Waals surface area (Å²) in [5.41, 5.74) is 18.1. The predicted octanol–water partition coefficient (Wildman–Crippen LogP) is 26.1. The van der Waals surface area contributed by atoms with Crippen molar-refractivity contribution < 1.29 is 40.9 Å². The minimum Gasteiger partial charge on any atom is -0.495 e. The Morgan fingerprint density at radius 1 is 0.455 bits per heavy atom. The highest BCUT2D eigenvalue weighted by atomic mass is 32.2. The lowest BCUT2D eigenvalue weighted by atomic mass is 10.1. The summed E-state index contributed by atoms with van der Waals surface area (Å²) in [6.45, 7) is 0.817. The number of allylic oxidation sites excluding steroid dienone is 1. The average molecular weight is 1850 g/mol. The van der Waals surface area contributed by atoms with Gasteiger partial charge in [-0.05, 0) is 186 Å². The van der Waals surface area contributed by atoms with E-state index in [1.165, 1.54) is 66.2 Å². The van der Waals surface area contributed by atoms with E-state index in [0.717, 1.165) is 139 Å². The van der Waals surface area contributed by atoms with Gasteiger partial charge in [0.1, 0.15) is 50.6 Å². The van der Waals surface area contributed by atoms with Crippen LogP contribution in [0.2, 0.25) is 0 Å². The molecule has 0 amide bonds. The zero-order valence-electron chi connectivity index (χ0n) is 72.4. The number of para-hydroxylation sites is 4. The van der Waals surface area contributed by atoms with Crippen LogP contribution in [0, 0.1) is 0 Å². The van der Waals surface area contributed by atoms with Crippen LogP contribution in [0.3, 0.4) is 0 Å². The third-order valence-corrected chi connectivity index (χ3v) is 27.6. The lowest BCUT2D eigenvalue weighted by Crippen LogP contribution is -2.12. The molecule has 132 heavy (non-hydrogen) atoms. The molecule has 0 saturated heterocycles. The SMILES string of the molecule is COc1ccc(-c2cc3ccccc3n2Cc2ccccc2)nc1.COc1ccc(-c2cc3ccccc3o2)nc1.COc1ccc(C2=Cc3ccccc3C2)nc1.COc1ccc(C2=Nc3ccccc3S2(=O)=O)cn1.COc1coc(-c2cc3ccccc3s2)c1.CSc1ccc(-c2nc3cc(-c4cnc[nH]4)ccc3s2)nc1.CSc1ccc(-c2nc3ccccc3s2)nc1. The summed E-state index contributed by atoms with van der Waals surface area (Å²) in [4.78, 5) is 50.6. The number of H-pyrrole nitrogens is 1. The van der Waals surface area contributed by atoms with E-state index in [0.29, 0.717) is 17.1 Å². The number of benzene rings is 8. The summed E-state index contributed by atoms with van der Waals surface area (Å²) in [7, 11) is 4.52. The number of thiophene rings is 1. The Bertz CT molecular complexity index is 7440. The van der Waals surface area contributed by atoms with Gasteiger partial charge >= 0.3 is 0 Å². The largest absolute Gasteiger partial charge is 0.495 e. The molecule has 2 aliphatic rings. The molecular weight excluding hydrogens is 1770 g/mol. The van der Waals surface area contributed by atoms with E-state index in [1.54, 1.807) is 154 Å². The molecule has 14 heterocycles. The van der Waals surface area contributed by atoms with Crippen LogP contribution >= 0.6 is 57.5 Å². The number of rotatable bonds is 17. The molecule has 0 spiro atoms. The number of hydrogen-bond acceptors (Lipinski definition) is 24. The zero-order chi connectivity index (χ0) is 90.7. The Labute approximate surface area is 782 Å². The molecule has 23 rings (SSSR count). The number of hydrogen-bond donors (Lipinski definition) is 1. The lowest BCUT2D eigenvalue weighted by Gasteiger charge is -2.11. The van der Waals surface area contributed by atoms with Crippen molar-refractivity contribution in [3.8, 4) is 95.0 Å². The Kier molecular flexibility index (Phi) is 28.4. The Morgan fingerprint density at radius 2 is 1.05 bits per heavy atom. The monoisotopic (exact) mass is 1850 g/mol. The number of thioether (sulfide) groups is 2. The molecule has 0 bridgehead atoms. The van der Waals surface area contributed by atoms with E-state index in [-0.39, 0.29) is 9.94 Å². The molecule has 1 aliphatic carbocycles. The van der Waals surface area contributed by atoms with Gasteiger partial charge in [-0.1, -0.05) is 140 Å². The molecule has 0 radical (unpaired) electrons. The Morgan fingerprint density at radius 3 is 1.67 bits per heavy atom.